The predicted molar refractivity (Wildman–Crippen MR) is 107 cm³/mol. The van der Waals surface area contributed by atoms with Crippen LogP contribution in [-0.4, -0.2) is 76.8 Å². The molecule has 3 saturated heterocycles. The van der Waals surface area contributed by atoms with Crippen LogP contribution in [0.25, 0.3) is 0 Å². The first-order chi connectivity index (χ1) is 13.9. The number of amides is 1. The smallest absolute Gasteiger partial charge is 0.312 e. The van der Waals surface area contributed by atoms with Crippen LogP contribution < -0.4 is 0 Å². The molecule has 0 bridgehead atoms. The zero-order chi connectivity index (χ0) is 20.6. The number of nitrogens with zero attached hydrogens (tertiary/aromatic N) is 2. The number of phenols is 1. The number of hydrogen-bond acceptors (Lipinski definition) is 6. The average molecular weight is 402 g/mol. The Bertz CT molecular complexity index is 779. The molecule has 1 spiro atoms. The Labute approximate surface area is 171 Å². The minimum Gasteiger partial charge on any atom is -0.507 e. The van der Waals surface area contributed by atoms with Crippen LogP contribution in [0.15, 0.2) is 18.2 Å². The summed E-state index contributed by atoms with van der Waals surface area (Å²) < 4.78 is 5.71. The van der Waals surface area contributed by atoms with E-state index < -0.39 is 5.41 Å². The van der Waals surface area contributed by atoms with Gasteiger partial charge in [0.1, 0.15) is 11.9 Å². The minimum absolute atomic E-state index is 0.00211. The Kier molecular flexibility index (Phi) is 5.53. The molecule has 1 amide bonds. The third-order valence-corrected chi connectivity index (χ3v) is 6.74. The average Bonchev–Trinajstić information content (AvgIpc) is 2.98. The van der Waals surface area contributed by atoms with Gasteiger partial charge in [0.15, 0.2) is 0 Å². The summed E-state index contributed by atoms with van der Waals surface area (Å²) >= 11 is 0. The third-order valence-electron chi connectivity index (χ3n) is 6.74. The van der Waals surface area contributed by atoms with Gasteiger partial charge >= 0.3 is 5.97 Å². The van der Waals surface area contributed by atoms with Crippen molar-refractivity contribution in [3.8, 4) is 5.75 Å². The summed E-state index contributed by atoms with van der Waals surface area (Å²) in [5.41, 5.74) is 0.719. The number of aliphatic hydroxyl groups is 1. The number of ether oxygens (including phenoxy) is 1. The molecule has 2 N–H and O–H groups in total. The number of aromatic hydroxyl groups is 1. The molecule has 3 aliphatic heterocycles. The second-order valence-corrected chi connectivity index (χ2v) is 8.86. The molecule has 7 heteroatoms. The van der Waals surface area contributed by atoms with Crippen LogP contribution in [0.5, 0.6) is 5.75 Å². The highest BCUT2D eigenvalue weighted by molar-refractivity contribution is 5.97. The summed E-state index contributed by atoms with van der Waals surface area (Å²) in [6, 6.07) is 5.07. The molecule has 0 radical (unpaired) electrons. The Hall–Kier alpha value is -2.12. The Balaban J connectivity index is 1.34. The molecule has 1 atom stereocenters. The third kappa shape index (κ3) is 4.12. The van der Waals surface area contributed by atoms with Gasteiger partial charge in [0.2, 0.25) is 0 Å². The summed E-state index contributed by atoms with van der Waals surface area (Å²) in [6.45, 7) is 5.25. The Morgan fingerprint density at radius 2 is 1.90 bits per heavy atom. The van der Waals surface area contributed by atoms with Crippen molar-refractivity contribution in [2.24, 2.45) is 5.41 Å². The van der Waals surface area contributed by atoms with E-state index >= 15 is 0 Å². The van der Waals surface area contributed by atoms with Crippen LogP contribution in [0.1, 0.15) is 48.0 Å². The van der Waals surface area contributed by atoms with Crippen molar-refractivity contribution in [2.75, 3.05) is 32.7 Å². The Morgan fingerprint density at radius 1 is 1.21 bits per heavy atom. The molecule has 4 rings (SSSR count). The number of carbonyl (C=O) groups excluding carboxylic acids is 2. The molecule has 0 aromatic heterocycles. The van der Waals surface area contributed by atoms with Gasteiger partial charge in [0.25, 0.3) is 5.91 Å². The maximum absolute atomic E-state index is 12.8. The SMILES string of the molecule is Cc1ccc(C(=O)N2CCC3(CC2)CC(CN2CCC(O)CC2)OC3=O)c(O)c1. The van der Waals surface area contributed by atoms with Gasteiger partial charge < -0.3 is 19.8 Å². The zero-order valence-corrected chi connectivity index (χ0v) is 17.0. The van der Waals surface area contributed by atoms with Crippen molar-refractivity contribution in [3.05, 3.63) is 29.3 Å². The van der Waals surface area contributed by atoms with Gasteiger partial charge in [0.05, 0.1) is 17.1 Å². The predicted octanol–water partition coefficient (Wildman–Crippen LogP) is 1.70. The van der Waals surface area contributed by atoms with Crippen molar-refractivity contribution in [2.45, 2.75) is 51.2 Å². The lowest BCUT2D eigenvalue weighted by atomic mass is 9.76. The van der Waals surface area contributed by atoms with Crippen molar-refractivity contribution >= 4 is 11.9 Å². The number of esters is 1. The van der Waals surface area contributed by atoms with E-state index in [1.807, 2.05) is 13.0 Å². The quantitative estimate of drug-likeness (QED) is 0.748. The molecule has 0 saturated carbocycles. The van der Waals surface area contributed by atoms with Gasteiger partial charge in [0, 0.05) is 39.1 Å². The second-order valence-electron chi connectivity index (χ2n) is 8.86. The number of aliphatic hydroxyl groups excluding tert-OH is 1. The fourth-order valence-corrected chi connectivity index (χ4v) is 4.87. The molecule has 29 heavy (non-hydrogen) atoms. The molecular formula is C22H30N2O5. The minimum atomic E-state index is -0.494. The molecule has 3 fully saturated rings. The monoisotopic (exact) mass is 402 g/mol. The molecule has 158 valence electrons. The van der Waals surface area contributed by atoms with Crippen molar-refractivity contribution in [3.63, 3.8) is 0 Å². The first-order valence-electron chi connectivity index (χ1n) is 10.6. The fraction of sp³-hybridized carbons (Fsp3) is 0.636. The standard InChI is InChI=1S/C22H30N2O5/c1-15-2-3-18(19(26)12-15)20(27)24-10-6-22(7-11-24)13-17(29-21(22)28)14-23-8-4-16(25)5-9-23/h2-3,12,16-17,25-26H,4-11,13-14H2,1H3. The highest BCUT2D eigenvalue weighted by Gasteiger charge is 2.51. The maximum Gasteiger partial charge on any atom is 0.312 e. The summed E-state index contributed by atoms with van der Waals surface area (Å²) in [6.07, 6.45) is 3.12. The molecule has 3 aliphatic rings. The lowest BCUT2D eigenvalue weighted by Crippen LogP contribution is -2.45. The van der Waals surface area contributed by atoms with E-state index in [2.05, 4.69) is 4.90 Å². The van der Waals surface area contributed by atoms with E-state index in [0.29, 0.717) is 37.9 Å². The summed E-state index contributed by atoms with van der Waals surface area (Å²) in [5.74, 6) is -0.320. The number of rotatable bonds is 3. The summed E-state index contributed by atoms with van der Waals surface area (Å²) in [4.78, 5) is 29.5. The molecule has 1 aromatic carbocycles. The number of hydrogen-bond donors (Lipinski definition) is 2. The lowest BCUT2D eigenvalue weighted by Gasteiger charge is -2.36. The van der Waals surface area contributed by atoms with Crippen LogP contribution in [0.3, 0.4) is 0 Å². The first kappa shape index (κ1) is 20.2. The van der Waals surface area contributed by atoms with Gasteiger partial charge in [-0.2, -0.15) is 0 Å². The highest BCUT2D eigenvalue weighted by atomic mass is 16.6. The van der Waals surface area contributed by atoms with E-state index in [9.17, 15) is 19.8 Å². The van der Waals surface area contributed by atoms with Crippen LogP contribution in [0.2, 0.25) is 0 Å². The maximum atomic E-state index is 12.8. The summed E-state index contributed by atoms with van der Waals surface area (Å²) in [7, 11) is 0. The molecular weight excluding hydrogens is 372 g/mol. The number of cyclic esters (lactones) is 1. The molecule has 0 aliphatic carbocycles. The molecule has 1 aromatic rings. The molecule has 1 unspecified atom stereocenters. The zero-order valence-electron chi connectivity index (χ0n) is 17.0. The van der Waals surface area contributed by atoms with Gasteiger partial charge in [-0.05, 0) is 50.3 Å². The van der Waals surface area contributed by atoms with Gasteiger partial charge in [-0.3, -0.25) is 14.5 Å². The van der Waals surface area contributed by atoms with E-state index in [1.54, 1.807) is 17.0 Å². The molecule has 7 nitrogen and oxygen atoms in total. The molecule has 3 heterocycles. The van der Waals surface area contributed by atoms with Crippen LogP contribution in [0.4, 0.5) is 0 Å². The van der Waals surface area contributed by atoms with Crippen molar-refractivity contribution in [1.29, 1.82) is 0 Å². The second kappa shape index (κ2) is 7.95. The number of benzene rings is 1. The fourth-order valence-electron chi connectivity index (χ4n) is 4.87. The van der Waals surface area contributed by atoms with E-state index in [0.717, 1.165) is 38.0 Å². The largest absolute Gasteiger partial charge is 0.507 e. The number of carbonyl (C=O) groups is 2. The van der Waals surface area contributed by atoms with Gasteiger partial charge in [-0.25, -0.2) is 0 Å². The number of phenolic OH excluding ortho intramolecular Hbond substituents is 1. The van der Waals surface area contributed by atoms with E-state index in [1.165, 1.54) is 0 Å². The lowest BCUT2D eigenvalue weighted by molar-refractivity contribution is -0.151. The number of likely N-dealkylation sites (tertiary alicyclic amines) is 2. The van der Waals surface area contributed by atoms with E-state index in [4.69, 9.17) is 4.74 Å². The number of piperidine rings is 2. The number of aryl methyl sites for hydroxylation is 1. The van der Waals surface area contributed by atoms with Crippen LogP contribution in [-0.2, 0) is 9.53 Å². The van der Waals surface area contributed by atoms with E-state index in [-0.39, 0.29) is 29.8 Å². The van der Waals surface area contributed by atoms with Gasteiger partial charge in [-0.15, -0.1) is 0 Å². The van der Waals surface area contributed by atoms with Crippen molar-refractivity contribution < 1.29 is 24.5 Å². The van der Waals surface area contributed by atoms with Crippen LogP contribution in [0, 0.1) is 12.3 Å². The highest BCUT2D eigenvalue weighted by Crippen LogP contribution is 2.43. The normalized spacial score (nSPS) is 25.4. The first-order valence-corrected chi connectivity index (χ1v) is 10.6. The van der Waals surface area contributed by atoms with Crippen molar-refractivity contribution in [1.82, 2.24) is 9.80 Å². The topological polar surface area (TPSA) is 90.3 Å². The summed E-state index contributed by atoms with van der Waals surface area (Å²) in [5, 5.41) is 19.8. The van der Waals surface area contributed by atoms with Gasteiger partial charge in [-0.1, -0.05) is 6.07 Å². The van der Waals surface area contributed by atoms with Crippen LogP contribution >= 0.6 is 0 Å². The Morgan fingerprint density at radius 3 is 2.55 bits per heavy atom.